The molecular formula is C20H27ClN6O2. The van der Waals surface area contributed by atoms with E-state index < -0.39 is 4.92 Å². The van der Waals surface area contributed by atoms with Crippen LogP contribution >= 0.6 is 11.6 Å². The molecule has 0 spiro atoms. The lowest BCUT2D eigenvalue weighted by atomic mass is 9.79. The van der Waals surface area contributed by atoms with Gasteiger partial charge in [-0.25, -0.2) is 9.97 Å². The van der Waals surface area contributed by atoms with E-state index in [9.17, 15) is 10.1 Å². The van der Waals surface area contributed by atoms with Gasteiger partial charge in [0.1, 0.15) is 6.33 Å². The van der Waals surface area contributed by atoms with Gasteiger partial charge in [0.05, 0.1) is 4.92 Å². The summed E-state index contributed by atoms with van der Waals surface area (Å²) in [6, 6.07) is 7.39. The predicted octanol–water partition coefficient (Wildman–Crippen LogP) is 4.37. The van der Waals surface area contributed by atoms with Gasteiger partial charge < -0.3 is 16.0 Å². The van der Waals surface area contributed by atoms with Crippen LogP contribution in [0, 0.1) is 10.1 Å². The summed E-state index contributed by atoms with van der Waals surface area (Å²) in [5, 5.41) is 22.4. The van der Waals surface area contributed by atoms with Crippen molar-refractivity contribution < 1.29 is 4.92 Å². The molecule has 1 aliphatic rings. The van der Waals surface area contributed by atoms with Crippen LogP contribution in [0.15, 0.2) is 30.6 Å². The second-order valence-corrected chi connectivity index (χ2v) is 9.17. The Morgan fingerprint density at radius 1 is 1.17 bits per heavy atom. The van der Waals surface area contributed by atoms with Crippen LogP contribution in [-0.2, 0) is 6.54 Å². The fraction of sp³-hybridized carbons (Fsp3) is 0.500. The molecule has 0 unspecified atom stereocenters. The lowest BCUT2D eigenvalue weighted by molar-refractivity contribution is -0.383. The summed E-state index contributed by atoms with van der Waals surface area (Å²) in [6.45, 7) is 8.85. The molecule has 0 aliphatic carbocycles. The van der Waals surface area contributed by atoms with E-state index in [1.54, 1.807) is 6.07 Å². The number of benzene rings is 1. The Hall–Kier alpha value is -2.45. The molecule has 0 saturated carbocycles. The number of rotatable bonds is 6. The Balaban J connectivity index is 1.83. The summed E-state index contributed by atoms with van der Waals surface area (Å²) in [6.07, 6.45) is 2.97. The number of anilines is 2. The van der Waals surface area contributed by atoms with Gasteiger partial charge >= 0.3 is 5.69 Å². The highest BCUT2D eigenvalue weighted by Gasteiger charge is 2.38. The third-order valence-electron chi connectivity index (χ3n) is 4.94. The highest BCUT2D eigenvalue weighted by atomic mass is 35.5. The summed E-state index contributed by atoms with van der Waals surface area (Å²) in [4.78, 5) is 19.6. The van der Waals surface area contributed by atoms with Crippen LogP contribution in [0.2, 0.25) is 5.02 Å². The van der Waals surface area contributed by atoms with E-state index in [-0.39, 0.29) is 34.4 Å². The van der Waals surface area contributed by atoms with E-state index in [1.165, 1.54) is 6.33 Å². The predicted molar refractivity (Wildman–Crippen MR) is 115 cm³/mol. The Kier molecular flexibility index (Phi) is 5.95. The van der Waals surface area contributed by atoms with Crippen molar-refractivity contribution in [2.45, 2.75) is 64.2 Å². The third-order valence-corrected chi connectivity index (χ3v) is 5.31. The zero-order chi connectivity index (χ0) is 21.2. The van der Waals surface area contributed by atoms with Gasteiger partial charge in [-0.3, -0.25) is 10.1 Å². The SMILES string of the molecule is CC1(C)CC(Nc2ncnc(NCc3ccccc3Cl)c2[N+](=O)[O-])CC(C)(C)N1. The monoisotopic (exact) mass is 418 g/mol. The van der Waals surface area contributed by atoms with Crippen molar-refractivity contribution in [1.82, 2.24) is 15.3 Å². The molecule has 3 N–H and O–H groups in total. The minimum Gasteiger partial charge on any atom is -0.361 e. The van der Waals surface area contributed by atoms with Crippen molar-refractivity contribution in [3.8, 4) is 0 Å². The number of aromatic nitrogens is 2. The average Bonchev–Trinajstić information content (AvgIpc) is 2.58. The van der Waals surface area contributed by atoms with Crippen LogP contribution in [0.4, 0.5) is 17.3 Å². The molecule has 0 amide bonds. The van der Waals surface area contributed by atoms with Crippen molar-refractivity contribution in [2.24, 2.45) is 0 Å². The molecule has 3 rings (SSSR count). The number of hydrogen-bond donors (Lipinski definition) is 3. The molecule has 29 heavy (non-hydrogen) atoms. The van der Waals surface area contributed by atoms with E-state index in [2.05, 4.69) is 53.6 Å². The largest absolute Gasteiger partial charge is 0.361 e. The third kappa shape index (κ3) is 5.33. The number of hydrogen-bond acceptors (Lipinski definition) is 7. The number of nitrogens with one attached hydrogen (secondary N) is 3. The van der Waals surface area contributed by atoms with Crippen LogP contribution in [0.1, 0.15) is 46.1 Å². The first kappa shape index (κ1) is 21.3. The minimum absolute atomic E-state index is 0.0475. The highest BCUT2D eigenvalue weighted by Crippen LogP contribution is 2.34. The van der Waals surface area contributed by atoms with Crippen LogP contribution in [0.3, 0.4) is 0 Å². The van der Waals surface area contributed by atoms with Crippen molar-refractivity contribution in [3.05, 3.63) is 51.3 Å². The van der Waals surface area contributed by atoms with Crippen molar-refractivity contribution in [1.29, 1.82) is 0 Å². The molecule has 1 saturated heterocycles. The van der Waals surface area contributed by atoms with Crippen molar-refractivity contribution in [3.63, 3.8) is 0 Å². The Morgan fingerprint density at radius 2 is 1.79 bits per heavy atom. The summed E-state index contributed by atoms with van der Waals surface area (Å²) < 4.78 is 0. The molecule has 9 heteroatoms. The number of halogens is 1. The second-order valence-electron chi connectivity index (χ2n) is 8.76. The fourth-order valence-electron chi connectivity index (χ4n) is 4.23. The molecule has 2 heterocycles. The Morgan fingerprint density at radius 3 is 2.41 bits per heavy atom. The smallest absolute Gasteiger partial charge is 0.353 e. The van der Waals surface area contributed by atoms with Crippen molar-refractivity contribution in [2.75, 3.05) is 10.6 Å². The molecular weight excluding hydrogens is 392 g/mol. The molecule has 0 radical (unpaired) electrons. The van der Waals surface area contributed by atoms with Crippen molar-refractivity contribution >= 4 is 28.9 Å². The highest BCUT2D eigenvalue weighted by molar-refractivity contribution is 6.31. The minimum atomic E-state index is -0.450. The van der Waals surface area contributed by atoms with E-state index in [4.69, 9.17) is 11.6 Å². The molecule has 1 aliphatic heterocycles. The maximum atomic E-state index is 11.8. The normalized spacial score (nSPS) is 18.2. The lowest BCUT2D eigenvalue weighted by Crippen LogP contribution is -2.60. The lowest BCUT2D eigenvalue weighted by Gasteiger charge is -2.46. The van der Waals surface area contributed by atoms with Gasteiger partial charge in [-0.2, -0.15) is 0 Å². The molecule has 1 aromatic carbocycles. The number of nitro groups is 1. The van der Waals surface area contributed by atoms with E-state index >= 15 is 0 Å². The summed E-state index contributed by atoms with van der Waals surface area (Å²) in [5.74, 6) is 0.394. The van der Waals surface area contributed by atoms with E-state index in [0.29, 0.717) is 11.6 Å². The molecule has 8 nitrogen and oxygen atoms in total. The second kappa shape index (κ2) is 8.12. The molecule has 156 valence electrons. The summed E-state index contributed by atoms with van der Waals surface area (Å²) in [7, 11) is 0. The zero-order valence-corrected chi connectivity index (χ0v) is 17.9. The number of nitrogens with zero attached hydrogens (tertiary/aromatic N) is 3. The van der Waals surface area contributed by atoms with Crippen LogP contribution < -0.4 is 16.0 Å². The van der Waals surface area contributed by atoms with E-state index in [1.807, 2.05) is 18.2 Å². The van der Waals surface area contributed by atoms with Crippen LogP contribution in [0.5, 0.6) is 0 Å². The van der Waals surface area contributed by atoms with Gasteiger partial charge in [0, 0.05) is 28.7 Å². The topological polar surface area (TPSA) is 105 Å². The number of piperidine rings is 1. The standard InChI is InChI=1S/C20H27ClN6O2/c1-19(2)9-14(10-20(3,4)26-19)25-18-16(27(28)29)17(23-12-24-18)22-11-13-7-5-6-8-15(13)21/h5-8,12,14,26H,9-11H2,1-4H3,(H2,22,23,24,25). The molecule has 0 bridgehead atoms. The van der Waals surface area contributed by atoms with Gasteiger partial charge in [0.25, 0.3) is 0 Å². The Bertz CT molecular complexity index is 886. The van der Waals surface area contributed by atoms with Gasteiger partial charge in [0.15, 0.2) is 0 Å². The maximum absolute atomic E-state index is 11.8. The van der Waals surface area contributed by atoms with E-state index in [0.717, 1.165) is 18.4 Å². The molecule has 2 aromatic rings. The van der Waals surface area contributed by atoms with Gasteiger partial charge in [-0.15, -0.1) is 0 Å². The zero-order valence-electron chi connectivity index (χ0n) is 17.1. The fourth-order valence-corrected chi connectivity index (χ4v) is 4.43. The summed E-state index contributed by atoms with van der Waals surface area (Å²) in [5.41, 5.74) is 0.491. The van der Waals surface area contributed by atoms with Gasteiger partial charge in [0.2, 0.25) is 11.6 Å². The maximum Gasteiger partial charge on any atom is 0.353 e. The first-order valence-electron chi connectivity index (χ1n) is 9.59. The van der Waals surface area contributed by atoms with Crippen LogP contribution in [-0.4, -0.2) is 32.0 Å². The first-order valence-corrected chi connectivity index (χ1v) is 9.97. The molecule has 1 aromatic heterocycles. The van der Waals surface area contributed by atoms with Gasteiger partial charge in [-0.1, -0.05) is 29.8 Å². The Labute approximate surface area is 175 Å². The van der Waals surface area contributed by atoms with Gasteiger partial charge in [-0.05, 0) is 52.2 Å². The molecule has 0 atom stereocenters. The average molecular weight is 419 g/mol. The first-order chi connectivity index (χ1) is 13.6. The molecule has 1 fully saturated rings. The van der Waals surface area contributed by atoms with Crippen LogP contribution in [0.25, 0.3) is 0 Å². The quantitative estimate of drug-likeness (QED) is 0.472. The summed E-state index contributed by atoms with van der Waals surface area (Å²) >= 11 is 6.18.